The summed E-state index contributed by atoms with van der Waals surface area (Å²) in [6.45, 7) is 1.24. The average Bonchev–Trinajstić information content (AvgIpc) is 2.80. The van der Waals surface area contributed by atoms with Crippen LogP contribution in [-0.4, -0.2) is 67.0 Å². The molecule has 0 saturated carbocycles. The van der Waals surface area contributed by atoms with E-state index in [0.717, 1.165) is 11.3 Å². The third kappa shape index (κ3) is 6.42. The van der Waals surface area contributed by atoms with Gasteiger partial charge in [0.25, 0.3) is 0 Å². The van der Waals surface area contributed by atoms with Crippen LogP contribution < -0.4 is 29.6 Å². The van der Waals surface area contributed by atoms with Crippen molar-refractivity contribution in [3.8, 4) is 23.0 Å². The minimum absolute atomic E-state index is 0.172. The molecule has 0 radical (unpaired) electrons. The Morgan fingerprint density at radius 2 is 1.52 bits per heavy atom. The fraction of sp³-hybridized carbons (Fsp3) is 0.435. The van der Waals surface area contributed by atoms with Crippen molar-refractivity contribution in [3.63, 3.8) is 0 Å². The second-order valence-corrected chi connectivity index (χ2v) is 7.09. The van der Waals surface area contributed by atoms with Gasteiger partial charge in [-0.25, -0.2) is 0 Å². The summed E-state index contributed by atoms with van der Waals surface area (Å²) in [5, 5.41) is 6.74. The number of benzene rings is 2. The second-order valence-electron chi connectivity index (χ2n) is 7.09. The van der Waals surface area contributed by atoms with Crippen LogP contribution in [0.5, 0.6) is 23.0 Å². The number of aliphatic imine (C=N–C) groups is 1. The predicted molar refractivity (Wildman–Crippen MR) is 124 cm³/mol. The van der Waals surface area contributed by atoms with Crippen LogP contribution in [0.25, 0.3) is 0 Å². The van der Waals surface area contributed by atoms with E-state index in [1.54, 1.807) is 35.5 Å². The van der Waals surface area contributed by atoms with Crippen molar-refractivity contribution >= 4 is 5.96 Å². The first-order valence-electron chi connectivity index (χ1n) is 10.0. The van der Waals surface area contributed by atoms with Gasteiger partial charge < -0.3 is 34.5 Å². The Balaban J connectivity index is 2.04. The number of nitrogens with one attached hydrogen (secondary N) is 2. The van der Waals surface area contributed by atoms with E-state index in [1.165, 1.54) is 5.56 Å². The maximum atomic E-state index is 5.43. The topological polar surface area (TPSA) is 76.6 Å². The van der Waals surface area contributed by atoms with Gasteiger partial charge in [0, 0.05) is 20.1 Å². The van der Waals surface area contributed by atoms with Gasteiger partial charge in [-0.2, -0.15) is 0 Å². The normalized spacial score (nSPS) is 12.3. The van der Waals surface area contributed by atoms with Crippen molar-refractivity contribution in [3.05, 3.63) is 47.5 Å². The van der Waals surface area contributed by atoms with E-state index < -0.39 is 0 Å². The molecule has 0 bridgehead atoms. The smallest absolute Gasteiger partial charge is 0.203 e. The van der Waals surface area contributed by atoms with Gasteiger partial charge in [-0.05, 0) is 49.5 Å². The maximum Gasteiger partial charge on any atom is 0.203 e. The Bertz CT molecular complexity index is 828. The zero-order valence-electron chi connectivity index (χ0n) is 19.5. The van der Waals surface area contributed by atoms with Crippen LogP contribution in [-0.2, 0) is 6.54 Å². The van der Waals surface area contributed by atoms with E-state index in [2.05, 4.69) is 46.8 Å². The number of ether oxygens (including phenoxy) is 4. The molecule has 2 aromatic rings. The molecular weight excluding hydrogens is 396 g/mol. The Labute approximate surface area is 185 Å². The summed E-state index contributed by atoms with van der Waals surface area (Å²) in [6, 6.07) is 12.1. The molecule has 8 heteroatoms. The predicted octanol–water partition coefficient (Wildman–Crippen LogP) is 2.69. The summed E-state index contributed by atoms with van der Waals surface area (Å²) < 4.78 is 21.5. The first-order valence-corrected chi connectivity index (χ1v) is 10.0. The highest BCUT2D eigenvalue weighted by molar-refractivity contribution is 5.79. The molecule has 0 amide bonds. The Morgan fingerprint density at radius 3 is 1.97 bits per heavy atom. The van der Waals surface area contributed by atoms with Gasteiger partial charge in [-0.3, -0.25) is 4.99 Å². The third-order valence-electron chi connectivity index (χ3n) is 4.99. The third-order valence-corrected chi connectivity index (χ3v) is 4.99. The molecule has 1 atom stereocenters. The Hall–Kier alpha value is -3.13. The van der Waals surface area contributed by atoms with Crippen LogP contribution in [0.3, 0.4) is 0 Å². The van der Waals surface area contributed by atoms with Gasteiger partial charge in [0.15, 0.2) is 17.5 Å². The van der Waals surface area contributed by atoms with Crippen molar-refractivity contribution in [2.75, 3.05) is 56.1 Å². The van der Waals surface area contributed by atoms with Crippen molar-refractivity contribution in [2.45, 2.75) is 12.6 Å². The minimum Gasteiger partial charge on any atom is -0.497 e. The summed E-state index contributed by atoms with van der Waals surface area (Å²) in [7, 11) is 12.3. The molecule has 0 spiro atoms. The maximum absolute atomic E-state index is 5.43. The van der Waals surface area contributed by atoms with E-state index in [9.17, 15) is 0 Å². The number of likely N-dealkylation sites (N-methyl/N-ethyl adjacent to an activating group) is 1. The molecule has 0 aromatic heterocycles. The molecule has 2 aromatic carbocycles. The zero-order chi connectivity index (χ0) is 22.8. The van der Waals surface area contributed by atoms with Crippen LogP contribution in [0.1, 0.15) is 17.2 Å². The van der Waals surface area contributed by atoms with Crippen LogP contribution in [0.2, 0.25) is 0 Å². The highest BCUT2D eigenvalue weighted by Gasteiger charge is 2.16. The highest BCUT2D eigenvalue weighted by atomic mass is 16.5. The molecule has 0 aliphatic rings. The molecule has 0 heterocycles. The number of hydrogen-bond acceptors (Lipinski definition) is 6. The summed E-state index contributed by atoms with van der Waals surface area (Å²) in [5.74, 6) is 3.36. The first kappa shape index (κ1) is 24.1. The number of hydrogen-bond donors (Lipinski definition) is 2. The molecule has 2 N–H and O–H groups in total. The molecule has 0 fully saturated rings. The van der Waals surface area contributed by atoms with Crippen molar-refractivity contribution in [1.82, 2.24) is 15.5 Å². The molecule has 0 aliphatic carbocycles. The second kappa shape index (κ2) is 11.9. The molecule has 2 rings (SSSR count). The Morgan fingerprint density at radius 1 is 0.903 bits per heavy atom. The average molecular weight is 431 g/mol. The standard InChI is InChI=1S/C23H34N4O4/c1-24-23(25-14-16-12-20(29-5)22(31-7)21(13-16)30-6)26-15-19(27(2)3)17-8-10-18(28-4)11-9-17/h8-13,19H,14-15H2,1-7H3,(H2,24,25,26). The lowest BCUT2D eigenvalue weighted by molar-refractivity contribution is 0.298. The van der Waals surface area contributed by atoms with Crippen LogP contribution in [0.15, 0.2) is 41.4 Å². The lowest BCUT2D eigenvalue weighted by Crippen LogP contribution is -2.41. The highest BCUT2D eigenvalue weighted by Crippen LogP contribution is 2.38. The number of rotatable bonds is 10. The van der Waals surface area contributed by atoms with Crippen LogP contribution in [0, 0.1) is 0 Å². The van der Waals surface area contributed by atoms with Gasteiger partial charge in [-0.15, -0.1) is 0 Å². The zero-order valence-corrected chi connectivity index (χ0v) is 19.5. The van der Waals surface area contributed by atoms with Crippen molar-refractivity contribution in [1.29, 1.82) is 0 Å². The summed E-state index contributed by atoms with van der Waals surface area (Å²) in [4.78, 5) is 6.51. The SMILES string of the molecule is CN=C(NCc1cc(OC)c(OC)c(OC)c1)NCC(c1ccc(OC)cc1)N(C)C. The molecular formula is C23H34N4O4. The van der Waals surface area contributed by atoms with Gasteiger partial charge in [-0.1, -0.05) is 12.1 Å². The summed E-state index contributed by atoms with van der Waals surface area (Å²) >= 11 is 0. The monoisotopic (exact) mass is 430 g/mol. The number of guanidine groups is 1. The molecule has 31 heavy (non-hydrogen) atoms. The molecule has 0 saturated heterocycles. The van der Waals surface area contributed by atoms with E-state index in [4.69, 9.17) is 18.9 Å². The van der Waals surface area contributed by atoms with Crippen molar-refractivity contribution in [2.24, 2.45) is 4.99 Å². The quantitative estimate of drug-likeness (QED) is 0.443. The fourth-order valence-electron chi connectivity index (χ4n) is 3.26. The molecule has 8 nitrogen and oxygen atoms in total. The van der Waals surface area contributed by atoms with Gasteiger partial charge in [0.05, 0.1) is 34.5 Å². The Kier molecular flexibility index (Phi) is 9.27. The van der Waals surface area contributed by atoms with Gasteiger partial charge in [0.1, 0.15) is 5.75 Å². The van der Waals surface area contributed by atoms with E-state index in [-0.39, 0.29) is 6.04 Å². The number of nitrogens with zero attached hydrogens (tertiary/aromatic N) is 2. The largest absolute Gasteiger partial charge is 0.497 e. The number of methoxy groups -OCH3 is 4. The first-order chi connectivity index (χ1) is 15.0. The van der Waals surface area contributed by atoms with E-state index in [1.807, 2.05) is 24.3 Å². The summed E-state index contributed by atoms with van der Waals surface area (Å²) in [5.41, 5.74) is 2.18. The molecule has 0 aliphatic heterocycles. The molecule has 1 unspecified atom stereocenters. The lowest BCUT2D eigenvalue weighted by Gasteiger charge is -2.26. The van der Waals surface area contributed by atoms with E-state index in [0.29, 0.717) is 36.3 Å². The fourth-order valence-corrected chi connectivity index (χ4v) is 3.26. The lowest BCUT2D eigenvalue weighted by atomic mass is 10.1. The van der Waals surface area contributed by atoms with Crippen LogP contribution in [0.4, 0.5) is 0 Å². The molecule has 170 valence electrons. The van der Waals surface area contributed by atoms with E-state index >= 15 is 0 Å². The summed E-state index contributed by atoms with van der Waals surface area (Å²) in [6.07, 6.45) is 0. The van der Waals surface area contributed by atoms with Gasteiger partial charge >= 0.3 is 0 Å². The minimum atomic E-state index is 0.172. The van der Waals surface area contributed by atoms with Crippen LogP contribution >= 0.6 is 0 Å². The van der Waals surface area contributed by atoms with Crippen molar-refractivity contribution < 1.29 is 18.9 Å². The van der Waals surface area contributed by atoms with Gasteiger partial charge in [0.2, 0.25) is 5.75 Å².